The molecule has 0 bridgehead atoms. The summed E-state index contributed by atoms with van der Waals surface area (Å²) in [6.07, 6.45) is -3.48. The van der Waals surface area contributed by atoms with Gasteiger partial charge < -0.3 is 20.6 Å². The van der Waals surface area contributed by atoms with Crippen LogP contribution in [0.1, 0.15) is 60.8 Å². The van der Waals surface area contributed by atoms with E-state index in [1.54, 1.807) is 18.7 Å². The van der Waals surface area contributed by atoms with Crippen LogP contribution < -0.4 is 5.32 Å². The van der Waals surface area contributed by atoms with Crippen molar-refractivity contribution in [3.63, 3.8) is 0 Å². The minimum atomic E-state index is -4.59. The van der Waals surface area contributed by atoms with E-state index in [1.165, 1.54) is 0 Å². The van der Waals surface area contributed by atoms with Crippen molar-refractivity contribution >= 4 is 25.5 Å². The molecular formula is C23H40BF4NO4S. The summed E-state index contributed by atoms with van der Waals surface area (Å²) in [5.41, 5.74) is -8.18. The second-order valence-corrected chi connectivity index (χ2v) is 13.7. The van der Waals surface area contributed by atoms with E-state index in [0.717, 1.165) is 13.8 Å². The van der Waals surface area contributed by atoms with E-state index < -0.39 is 64.1 Å². The summed E-state index contributed by atoms with van der Waals surface area (Å²) < 4.78 is 55.7. The molecule has 2 rings (SSSR count). The van der Waals surface area contributed by atoms with Gasteiger partial charge in [-0.25, -0.2) is 4.39 Å². The van der Waals surface area contributed by atoms with Crippen LogP contribution in [0.3, 0.4) is 0 Å². The highest BCUT2D eigenvalue weighted by molar-refractivity contribution is 8.00. The predicted octanol–water partition coefficient (Wildman–Crippen LogP) is 2.87. The molecular weight excluding hydrogens is 473 g/mol. The van der Waals surface area contributed by atoms with Crippen molar-refractivity contribution in [3.05, 3.63) is 0 Å². The van der Waals surface area contributed by atoms with Gasteiger partial charge in [-0.15, -0.1) is 0 Å². The summed E-state index contributed by atoms with van der Waals surface area (Å²) in [5.74, 6) is -0.388. The van der Waals surface area contributed by atoms with E-state index in [0.29, 0.717) is 18.6 Å². The lowest BCUT2D eigenvalue weighted by molar-refractivity contribution is -0.198. The molecule has 34 heavy (non-hydrogen) atoms. The third-order valence-corrected chi connectivity index (χ3v) is 10.3. The smallest absolute Gasteiger partial charge is 0.394 e. The second kappa shape index (κ2) is 9.10. The lowest BCUT2D eigenvalue weighted by atomic mass is 9.73. The maximum absolute atomic E-state index is 15.1. The van der Waals surface area contributed by atoms with Crippen molar-refractivity contribution in [2.24, 2.45) is 22.2 Å². The molecule has 6 unspecified atom stereocenters. The molecule has 0 aliphatic heterocycles. The monoisotopic (exact) mass is 513 g/mol. The number of rotatable bonds is 12. The van der Waals surface area contributed by atoms with Crippen molar-refractivity contribution in [1.82, 2.24) is 5.32 Å². The van der Waals surface area contributed by atoms with Crippen molar-refractivity contribution in [2.75, 3.05) is 25.6 Å². The largest absolute Gasteiger partial charge is 0.397 e. The Kier molecular flexibility index (Phi) is 7.95. The first-order valence-corrected chi connectivity index (χ1v) is 12.8. The third-order valence-electron chi connectivity index (χ3n) is 8.96. The van der Waals surface area contributed by atoms with Gasteiger partial charge in [0, 0.05) is 16.1 Å². The number of thioether (sulfide) groups is 1. The molecule has 2 aliphatic carbocycles. The van der Waals surface area contributed by atoms with Gasteiger partial charge >= 0.3 is 6.18 Å². The number of carbonyl (C=O) groups is 1. The zero-order chi connectivity index (χ0) is 26.6. The Labute approximate surface area is 205 Å². The zero-order valence-electron chi connectivity index (χ0n) is 21.3. The summed E-state index contributed by atoms with van der Waals surface area (Å²) in [6, 6.07) is 0. The van der Waals surface area contributed by atoms with Gasteiger partial charge in [0.25, 0.3) is 0 Å². The molecule has 5 nitrogen and oxygen atoms in total. The molecule has 0 aromatic heterocycles. The van der Waals surface area contributed by atoms with E-state index in [2.05, 4.69) is 5.32 Å². The van der Waals surface area contributed by atoms with Crippen molar-refractivity contribution in [1.29, 1.82) is 0 Å². The van der Waals surface area contributed by atoms with Gasteiger partial charge in [-0.05, 0) is 44.3 Å². The SMILES string of the molecule is BC(C)C(CC(C)(C)SCCC1(C)CC12C(C)(F)C2(C)C(F)(F)F)C(=O)NC(CO)(CO)CO. The van der Waals surface area contributed by atoms with Gasteiger partial charge in [0.05, 0.1) is 19.8 Å². The van der Waals surface area contributed by atoms with Crippen molar-refractivity contribution < 1.29 is 37.7 Å². The Morgan fingerprint density at radius 3 is 2.00 bits per heavy atom. The van der Waals surface area contributed by atoms with Gasteiger partial charge in [-0.2, -0.15) is 24.9 Å². The van der Waals surface area contributed by atoms with Gasteiger partial charge in [0.15, 0.2) is 0 Å². The molecule has 0 aromatic rings. The molecule has 2 fully saturated rings. The second-order valence-electron chi connectivity index (χ2n) is 11.9. The molecule has 0 heterocycles. The molecule has 198 valence electrons. The number of amides is 1. The zero-order valence-corrected chi connectivity index (χ0v) is 22.1. The van der Waals surface area contributed by atoms with Crippen LogP contribution >= 0.6 is 11.8 Å². The van der Waals surface area contributed by atoms with E-state index in [-0.39, 0.29) is 18.1 Å². The number of nitrogens with one attached hydrogen (secondary N) is 1. The summed E-state index contributed by atoms with van der Waals surface area (Å²) in [7, 11) is 1.88. The maximum Gasteiger partial charge on any atom is 0.397 e. The standard InChI is InChI=1S/C23H40BF4NO4S/c1-14(24)15(16(33)29-21(11-30,12-31)13-32)9-17(2,3)34-8-7-18(4)10-22(18)19(5,20(22,6)25)23(26,27)28/h14-15,30-32H,7-13,24H2,1-6H3,(H,29,33). The first kappa shape index (κ1) is 29.7. The van der Waals surface area contributed by atoms with E-state index in [1.807, 2.05) is 28.6 Å². The van der Waals surface area contributed by atoms with Gasteiger partial charge in [0.2, 0.25) is 5.91 Å². The highest BCUT2D eigenvalue weighted by atomic mass is 32.2. The molecule has 1 spiro atoms. The number of hydrogen-bond acceptors (Lipinski definition) is 5. The molecule has 6 atom stereocenters. The summed E-state index contributed by atoms with van der Waals surface area (Å²) in [6.45, 7) is 7.80. The predicted molar refractivity (Wildman–Crippen MR) is 128 cm³/mol. The molecule has 11 heteroatoms. The summed E-state index contributed by atoms with van der Waals surface area (Å²) >= 11 is 1.55. The fourth-order valence-corrected chi connectivity index (χ4v) is 7.61. The third kappa shape index (κ3) is 4.41. The Morgan fingerprint density at radius 2 is 1.62 bits per heavy atom. The Bertz CT molecular complexity index is 768. The lowest BCUT2D eigenvalue weighted by Crippen LogP contribution is -2.58. The molecule has 0 radical (unpaired) electrons. The fourth-order valence-electron chi connectivity index (χ4n) is 6.21. The molecule has 0 saturated heterocycles. The van der Waals surface area contributed by atoms with Crippen LogP contribution in [0.4, 0.5) is 17.6 Å². The number of carbonyl (C=O) groups excluding carboxylic acids is 1. The highest BCUT2D eigenvalue weighted by Crippen LogP contribution is 2.97. The van der Waals surface area contributed by atoms with E-state index >= 15 is 4.39 Å². The average molecular weight is 513 g/mol. The highest BCUT2D eigenvalue weighted by Gasteiger charge is 3.03. The number of hydrogen-bond donors (Lipinski definition) is 4. The Balaban J connectivity index is 2.01. The van der Waals surface area contributed by atoms with Gasteiger partial charge in [0.1, 0.15) is 24.5 Å². The van der Waals surface area contributed by atoms with Gasteiger partial charge in [-0.1, -0.05) is 33.5 Å². The Hall–Kier alpha value is -0.515. The van der Waals surface area contributed by atoms with Crippen LogP contribution in [0.5, 0.6) is 0 Å². The van der Waals surface area contributed by atoms with E-state index in [9.17, 15) is 33.3 Å². The molecule has 2 saturated carbocycles. The summed E-state index contributed by atoms with van der Waals surface area (Å²) in [5, 5.41) is 31.1. The first-order valence-electron chi connectivity index (χ1n) is 11.8. The van der Waals surface area contributed by atoms with Crippen LogP contribution in [0.25, 0.3) is 0 Å². The van der Waals surface area contributed by atoms with Crippen LogP contribution in [-0.4, -0.2) is 76.8 Å². The first-order chi connectivity index (χ1) is 15.3. The van der Waals surface area contributed by atoms with Crippen LogP contribution in [-0.2, 0) is 4.79 Å². The number of aliphatic hydroxyl groups excluding tert-OH is 3. The summed E-state index contributed by atoms with van der Waals surface area (Å²) in [4.78, 5) is 12.9. The van der Waals surface area contributed by atoms with Crippen LogP contribution in [0.15, 0.2) is 0 Å². The van der Waals surface area contributed by atoms with Crippen molar-refractivity contribution in [3.8, 4) is 0 Å². The fraction of sp³-hybridized carbons (Fsp3) is 0.957. The lowest BCUT2D eigenvalue weighted by Gasteiger charge is -2.35. The quantitative estimate of drug-likeness (QED) is 0.238. The van der Waals surface area contributed by atoms with Crippen LogP contribution in [0.2, 0.25) is 5.82 Å². The average Bonchev–Trinajstić information content (AvgIpc) is 3.47. The minimum Gasteiger partial charge on any atom is -0.394 e. The maximum atomic E-state index is 15.1. The number of halogens is 4. The number of aliphatic hydroxyl groups is 3. The van der Waals surface area contributed by atoms with Crippen molar-refractivity contribution in [2.45, 2.75) is 88.8 Å². The van der Waals surface area contributed by atoms with E-state index in [4.69, 9.17) is 0 Å². The normalized spacial score (nSPS) is 35.2. The number of alkyl halides is 4. The Morgan fingerprint density at radius 1 is 1.12 bits per heavy atom. The molecule has 1 amide bonds. The minimum absolute atomic E-state index is 0.0657. The molecule has 4 N–H and O–H groups in total. The molecule has 0 aromatic carbocycles. The molecule has 2 aliphatic rings. The van der Waals surface area contributed by atoms with Gasteiger partial charge in [-0.3, -0.25) is 4.79 Å². The van der Waals surface area contributed by atoms with Crippen LogP contribution in [0, 0.1) is 22.2 Å². The topological polar surface area (TPSA) is 89.8 Å².